The topological polar surface area (TPSA) is 86.8 Å². The van der Waals surface area contributed by atoms with Gasteiger partial charge in [0.15, 0.2) is 0 Å². The summed E-state index contributed by atoms with van der Waals surface area (Å²) in [7, 11) is -4.16. The van der Waals surface area contributed by atoms with Gasteiger partial charge in [-0.05, 0) is 82.0 Å². The van der Waals surface area contributed by atoms with Crippen LogP contribution in [0.4, 0.5) is 5.69 Å². The average Bonchev–Trinajstić information content (AvgIpc) is 2.93. The van der Waals surface area contributed by atoms with Gasteiger partial charge in [-0.3, -0.25) is 13.9 Å². The van der Waals surface area contributed by atoms with Crippen LogP contribution in [-0.4, -0.2) is 43.8 Å². The van der Waals surface area contributed by atoms with Crippen LogP contribution in [0.3, 0.4) is 0 Å². The molecule has 2 atom stereocenters. The summed E-state index contributed by atoms with van der Waals surface area (Å²) in [6, 6.07) is 15.9. The summed E-state index contributed by atoms with van der Waals surface area (Å²) < 4.78 is 29.3. The lowest BCUT2D eigenvalue weighted by Gasteiger charge is -2.34. The Bertz CT molecular complexity index is 1530. The normalized spacial score (nSPS) is 12.9. The maximum absolute atomic E-state index is 14.3. The van der Waals surface area contributed by atoms with Crippen LogP contribution in [0.15, 0.2) is 65.6 Å². The highest BCUT2D eigenvalue weighted by Gasteiger charge is 2.34. The van der Waals surface area contributed by atoms with Crippen LogP contribution >= 0.6 is 23.2 Å². The molecule has 0 saturated heterocycles. The molecule has 42 heavy (non-hydrogen) atoms. The first-order valence-electron chi connectivity index (χ1n) is 14.0. The van der Waals surface area contributed by atoms with E-state index in [0.717, 1.165) is 15.4 Å². The van der Waals surface area contributed by atoms with Gasteiger partial charge >= 0.3 is 0 Å². The van der Waals surface area contributed by atoms with E-state index in [2.05, 4.69) is 5.32 Å². The van der Waals surface area contributed by atoms with E-state index < -0.39 is 28.5 Å². The molecular weight excluding hydrogens is 593 g/mol. The molecule has 2 unspecified atom stereocenters. The minimum atomic E-state index is -4.16. The molecule has 0 spiro atoms. The second kappa shape index (κ2) is 14.4. The van der Waals surface area contributed by atoms with Crippen LogP contribution in [0, 0.1) is 20.8 Å². The van der Waals surface area contributed by atoms with E-state index in [1.807, 2.05) is 53.7 Å². The summed E-state index contributed by atoms with van der Waals surface area (Å²) in [4.78, 5) is 29.2. The fourth-order valence-corrected chi connectivity index (χ4v) is 6.58. The smallest absolute Gasteiger partial charge is 0.264 e. The molecule has 3 aromatic rings. The number of sulfonamides is 1. The molecule has 0 aliphatic carbocycles. The summed E-state index contributed by atoms with van der Waals surface area (Å²) >= 11 is 12.6. The Morgan fingerprint density at radius 2 is 1.52 bits per heavy atom. The number of halogens is 2. The van der Waals surface area contributed by atoms with E-state index in [4.69, 9.17) is 23.2 Å². The second-order valence-corrected chi connectivity index (χ2v) is 13.3. The lowest BCUT2D eigenvalue weighted by molar-refractivity contribution is -0.140. The quantitative estimate of drug-likeness (QED) is 0.237. The minimum absolute atomic E-state index is 0.00737. The largest absolute Gasteiger partial charge is 0.352 e. The van der Waals surface area contributed by atoms with Crippen LogP contribution in [-0.2, 0) is 26.2 Å². The summed E-state index contributed by atoms with van der Waals surface area (Å²) in [5, 5.41) is 3.75. The van der Waals surface area contributed by atoms with Crippen molar-refractivity contribution in [2.24, 2.45) is 0 Å². The van der Waals surface area contributed by atoms with Crippen molar-refractivity contribution < 1.29 is 18.0 Å². The molecule has 0 radical (unpaired) electrons. The van der Waals surface area contributed by atoms with Gasteiger partial charge in [-0.1, -0.05) is 78.5 Å². The highest BCUT2D eigenvalue weighted by molar-refractivity contribution is 7.92. The predicted molar refractivity (Wildman–Crippen MR) is 171 cm³/mol. The predicted octanol–water partition coefficient (Wildman–Crippen LogP) is 6.84. The van der Waals surface area contributed by atoms with E-state index in [1.165, 1.54) is 17.0 Å². The number of anilines is 1. The highest BCUT2D eigenvalue weighted by Crippen LogP contribution is 2.29. The molecule has 0 bridgehead atoms. The Labute approximate surface area is 259 Å². The molecule has 1 N–H and O–H groups in total. The van der Waals surface area contributed by atoms with Crippen LogP contribution in [0.1, 0.15) is 55.9 Å². The van der Waals surface area contributed by atoms with Crippen molar-refractivity contribution in [2.75, 3.05) is 10.8 Å². The van der Waals surface area contributed by atoms with Crippen molar-refractivity contribution in [2.45, 2.75) is 77.9 Å². The third-order valence-electron chi connectivity index (χ3n) is 7.25. The van der Waals surface area contributed by atoms with Crippen molar-refractivity contribution in [3.63, 3.8) is 0 Å². The molecule has 3 rings (SSSR count). The summed E-state index contributed by atoms with van der Waals surface area (Å²) in [6.07, 6.45) is 1.03. The summed E-state index contributed by atoms with van der Waals surface area (Å²) in [5.41, 5.74) is 3.54. The summed E-state index contributed by atoms with van der Waals surface area (Å²) in [5.74, 6) is -0.854. The molecule has 226 valence electrons. The Morgan fingerprint density at radius 1 is 0.881 bits per heavy atom. The number of hydrogen-bond donors (Lipinski definition) is 1. The highest BCUT2D eigenvalue weighted by atomic mass is 35.5. The molecule has 0 saturated carbocycles. The SMILES string of the molecule is CCC(C)NC(=O)C(CC)N(Cc1ccc(Cl)cc1Cl)C(=O)CN(c1ccc(C)cc1C)S(=O)(=O)c1ccc(C)cc1. The first-order chi connectivity index (χ1) is 19.8. The monoisotopic (exact) mass is 631 g/mol. The molecule has 0 aromatic heterocycles. The Hall–Kier alpha value is -3.07. The maximum atomic E-state index is 14.3. The first kappa shape index (κ1) is 33.4. The molecule has 10 heteroatoms. The molecule has 0 fully saturated rings. The van der Waals surface area contributed by atoms with Crippen molar-refractivity contribution in [1.82, 2.24) is 10.2 Å². The van der Waals surface area contributed by atoms with Crippen LogP contribution in [0.5, 0.6) is 0 Å². The zero-order chi connectivity index (χ0) is 31.2. The standard InChI is InChI=1S/C32H39Cl2N3O4S/c1-7-24(6)35-32(39)29(8-2)36(19-25-12-13-26(33)18-28(25)34)31(38)20-37(30-16-11-22(4)17-23(30)5)42(40,41)27-14-9-21(3)10-15-27/h9-18,24,29H,7-8,19-20H2,1-6H3,(H,35,39). The zero-order valence-electron chi connectivity index (χ0n) is 24.9. The number of carbonyl (C=O) groups excluding carboxylic acids is 2. The van der Waals surface area contributed by atoms with Gasteiger partial charge in [0.25, 0.3) is 10.0 Å². The summed E-state index contributed by atoms with van der Waals surface area (Å²) in [6.45, 7) is 10.7. The number of rotatable bonds is 12. The van der Waals surface area contributed by atoms with Crippen molar-refractivity contribution >= 4 is 50.7 Å². The van der Waals surface area contributed by atoms with Gasteiger partial charge in [0.2, 0.25) is 11.8 Å². The van der Waals surface area contributed by atoms with Gasteiger partial charge < -0.3 is 10.2 Å². The molecule has 7 nitrogen and oxygen atoms in total. The number of nitrogens with zero attached hydrogens (tertiary/aromatic N) is 2. The van der Waals surface area contributed by atoms with E-state index in [0.29, 0.717) is 39.7 Å². The third-order valence-corrected chi connectivity index (χ3v) is 9.61. The fraction of sp³-hybridized carbons (Fsp3) is 0.375. The van der Waals surface area contributed by atoms with Crippen molar-refractivity contribution in [1.29, 1.82) is 0 Å². The van der Waals surface area contributed by atoms with Gasteiger partial charge in [-0.2, -0.15) is 0 Å². The van der Waals surface area contributed by atoms with Gasteiger partial charge in [0, 0.05) is 22.6 Å². The zero-order valence-corrected chi connectivity index (χ0v) is 27.3. The third kappa shape index (κ3) is 8.06. The average molecular weight is 633 g/mol. The number of aryl methyl sites for hydroxylation is 3. The van der Waals surface area contributed by atoms with Crippen LogP contribution < -0.4 is 9.62 Å². The van der Waals surface area contributed by atoms with Crippen LogP contribution in [0.25, 0.3) is 0 Å². The van der Waals surface area contributed by atoms with Gasteiger partial charge in [-0.25, -0.2) is 8.42 Å². The number of benzene rings is 3. The van der Waals surface area contributed by atoms with Crippen molar-refractivity contribution in [3.8, 4) is 0 Å². The van der Waals surface area contributed by atoms with E-state index in [9.17, 15) is 18.0 Å². The Morgan fingerprint density at radius 3 is 2.10 bits per heavy atom. The van der Waals surface area contributed by atoms with E-state index >= 15 is 0 Å². The van der Waals surface area contributed by atoms with Gasteiger partial charge in [0.05, 0.1) is 10.6 Å². The fourth-order valence-electron chi connectivity index (χ4n) is 4.63. The van der Waals surface area contributed by atoms with E-state index in [-0.39, 0.29) is 23.4 Å². The number of amides is 2. The Kier molecular flexibility index (Phi) is 11.5. The molecule has 2 amide bonds. The number of nitrogens with one attached hydrogen (secondary N) is 1. The molecule has 0 heterocycles. The second-order valence-electron chi connectivity index (χ2n) is 10.6. The maximum Gasteiger partial charge on any atom is 0.264 e. The lowest BCUT2D eigenvalue weighted by Crippen LogP contribution is -2.53. The van der Waals surface area contributed by atoms with Gasteiger partial charge in [-0.15, -0.1) is 0 Å². The van der Waals surface area contributed by atoms with Gasteiger partial charge in [0.1, 0.15) is 12.6 Å². The van der Waals surface area contributed by atoms with Crippen molar-refractivity contribution in [3.05, 3.63) is 93.0 Å². The lowest BCUT2D eigenvalue weighted by atomic mass is 10.1. The molecule has 0 aliphatic heterocycles. The molecular formula is C32H39Cl2N3O4S. The Balaban J connectivity index is 2.12. The van der Waals surface area contributed by atoms with Crippen LogP contribution in [0.2, 0.25) is 10.0 Å². The first-order valence-corrected chi connectivity index (χ1v) is 16.2. The minimum Gasteiger partial charge on any atom is -0.352 e. The number of carbonyl (C=O) groups is 2. The molecule has 0 aliphatic rings. The molecule has 3 aromatic carbocycles. The number of hydrogen-bond acceptors (Lipinski definition) is 4. The van der Waals surface area contributed by atoms with E-state index in [1.54, 1.807) is 36.4 Å².